The summed E-state index contributed by atoms with van der Waals surface area (Å²) >= 11 is 2.19. The van der Waals surface area contributed by atoms with Crippen LogP contribution in [0.25, 0.3) is 0 Å². The molecule has 1 aromatic carbocycles. The van der Waals surface area contributed by atoms with Crippen LogP contribution in [0.15, 0.2) is 47.5 Å². The lowest BCUT2D eigenvalue weighted by Gasteiger charge is -2.43. The molecule has 2 aliphatic rings. The van der Waals surface area contributed by atoms with E-state index in [0.29, 0.717) is 67.7 Å². The third kappa shape index (κ3) is 5.10. The van der Waals surface area contributed by atoms with Crippen molar-refractivity contribution in [2.75, 3.05) is 33.5 Å². The summed E-state index contributed by atoms with van der Waals surface area (Å²) in [6.45, 7) is 11.5. The van der Waals surface area contributed by atoms with E-state index in [2.05, 4.69) is 49.1 Å². The number of hydrogen-bond donors (Lipinski definition) is 1. The van der Waals surface area contributed by atoms with Crippen molar-refractivity contribution < 1.29 is 19.0 Å². The van der Waals surface area contributed by atoms with E-state index in [1.807, 2.05) is 24.0 Å². The van der Waals surface area contributed by atoms with Gasteiger partial charge in [-0.25, -0.2) is 0 Å². The van der Waals surface area contributed by atoms with Crippen molar-refractivity contribution in [2.24, 2.45) is 11.1 Å². The third-order valence-corrected chi connectivity index (χ3v) is 6.82. The molecule has 1 atom stereocenters. The number of nitriles is 1. The zero-order chi connectivity index (χ0) is 25.0. The number of hydrogen-bond acceptors (Lipinski definition) is 7. The van der Waals surface area contributed by atoms with Crippen molar-refractivity contribution in [3.63, 3.8) is 0 Å². The van der Waals surface area contributed by atoms with Crippen LogP contribution in [0.3, 0.4) is 0 Å². The zero-order valence-electron chi connectivity index (χ0n) is 20.2. The van der Waals surface area contributed by atoms with Gasteiger partial charge < -0.3 is 24.8 Å². The quantitative estimate of drug-likeness (QED) is 0.338. The number of carbonyl (C=O) groups is 1. The maximum Gasteiger partial charge on any atom is 0.174 e. The van der Waals surface area contributed by atoms with E-state index in [0.717, 1.165) is 14.8 Å². The van der Waals surface area contributed by atoms with Crippen molar-refractivity contribution in [3.05, 3.63) is 56.6 Å². The molecule has 0 fully saturated rings. The lowest BCUT2D eigenvalue weighted by Crippen LogP contribution is -2.43. The summed E-state index contributed by atoms with van der Waals surface area (Å²) in [7, 11) is 1.62. The van der Waals surface area contributed by atoms with Crippen molar-refractivity contribution in [1.82, 2.24) is 4.90 Å². The van der Waals surface area contributed by atoms with Gasteiger partial charge in [-0.2, -0.15) is 5.26 Å². The molecular weight excluding hydrogens is 545 g/mol. The third-order valence-electron chi connectivity index (χ3n) is 6.02. The van der Waals surface area contributed by atoms with E-state index in [9.17, 15) is 10.1 Å². The molecule has 34 heavy (non-hydrogen) atoms. The molecule has 1 aromatic rings. The number of ether oxygens (including phenoxy) is 3. The fraction of sp³-hybridized carbons (Fsp3) is 0.462. The minimum atomic E-state index is -0.566. The molecule has 1 aliphatic heterocycles. The Morgan fingerprint density at radius 1 is 1.35 bits per heavy atom. The summed E-state index contributed by atoms with van der Waals surface area (Å²) in [6.07, 6.45) is 2.77. The van der Waals surface area contributed by atoms with Crippen molar-refractivity contribution in [3.8, 4) is 17.6 Å². The monoisotopic (exact) mass is 577 g/mol. The van der Waals surface area contributed by atoms with Crippen LogP contribution in [-0.4, -0.2) is 44.2 Å². The minimum absolute atomic E-state index is 0.0406. The number of nitrogens with two attached hydrogens (primary N) is 1. The van der Waals surface area contributed by atoms with E-state index >= 15 is 0 Å². The molecule has 182 valence electrons. The molecule has 0 aromatic heterocycles. The Hall–Kier alpha value is -2.51. The molecule has 0 radical (unpaired) electrons. The number of rotatable bonds is 9. The molecule has 0 amide bonds. The first-order valence-corrected chi connectivity index (χ1v) is 12.4. The molecule has 1 aliphatic carbocycles. The average Bonchev–Trinajstić information content (AvgIpc) is 2.76. The maximum atomic E-state index is 13.6. The summed E-state index contributed by atoms with van der Waals surface area (Å²) in [5.74, 6) is 1.02. The van der Waals surface area contributed by atoms with Gasteiger partial charge in [-0.15, -0.1) is 0 Å². The summed E-state index contributed by atoms with van der Waals surface area (Å²) < 4.78 is 17.8. The van der Waals surface area contributed by atoms with Gasteiger partial charge >= 0.3 is 0 Å². The summed E-state index contributed by atoms with van der Waals surface area (Å²) in [5, 5.41) is 10.2. The Morgan fingerprint density at radius 2 is 2.09 bits per heavy atom. The molecule has 0 saturated heterocycles. The lowest BCUT2D eigenvalue weighted by molar-refractivity contribution is -0.118. The standard InChI is InChI=1S/C26H32IN3O4/c1-6-9-34-24-18(27)11-16(12-21(24)33-7-2)22-17(15-28)25(29)30(8-10-32-5)19-13-26(3,4)14-20(31)23(19)22/h6,11-12,22H,1,7-10,13-14,29H2,2-5H3/t22-/m1/s1. The molecular formula is C26H32IN3O4. The molecule has 2 N–H and O–H groups in total. The van der Waals surface area contributed by atoms with Crippen LogP contribution in [0, 0.1) is 20.3 Å². The van der Waals surface area contributed by atoms with Gasteiger partial charge in [0.25, 0.3) is 0 Å². The molecule has 8 heteroatoms. The largest absolute Gasteiger partial charge is 0.490 e. The molecule has 1 heterocycles. The van der Waals surface area contributed by atoms with Crippen LogP contribution in [0.1, 0.15) is 45.1 Å². The van der Waals surface area contributed by atoms with E-state index < -0.39 is 5.92 Å². The predicted octanol–water partition coefficient (Wildman–Crippen LogP) is 4.64. The highest BCUT2D eigenvalue weighted by atomic mass is 127. The Balaban J connectivity index is 2.24. The summed E-state index contributed by atoms with van der Waals surface area (Å²) in [6, 6.07) is 6.11. The Labute approximate surface area is 215 Å². The van der Waals surface area contributed by atoms with E-state index in [4.69, 9.17) is 19.9 Å². The first-order valence-electron chi connectivity index (χ1n) is 11.3. The smallest absolute Gasteiger partial charge is 0.174 e. The van der Waals surface area contributed by atoms with Crippen molar-refractivity contribution in [2.45, 2.75) is 39.5 Å². The highest BCUT2D eigenvalue weighted by Crippen LogP contribution is 2.50. The number of nitrogens with zero attached hydrogens (tertiary/aromatic N) is 2. The Morgan fingerprint density at radius 3 is 2.71 bits per heavy atom. The normalized spacial score (nSPS) is 19.6. The van der Waals surface area contributed by atoms with Crippen LogP contribution < -0.4 is 15.2 Å². The van der Waals surface area contributed by atoms with Gasteiger partial charge in [-0.1, -0.05) is 26.5 Å². The number of methoxy groups -OCH3 is 1. The highest BCUT2D eigenvalue weighted by Gasteiger charge is 2.44. The summed E-state index contributed by atoms with van der Waals surface area (Å²) in [4.78, 5) is 15.5. The molecule has 0 saturated carbocycles. The zero-order valence-corrected chi connectivity index (χ0v) is 22.4. The van der Waals surface area contributed by atoms with Gasteiger partial charge in [0.2, 0.25) is 0 Å². The molecule has 0 unspecified atom stereocenters. The van der Waals surface area contributed by atoms with Crippen LogP contribution >= 0.6 is 22.6 Å². The average molecular weight is 577 g/mol. The Kier molecular flexibility index (Phi) is 8.31. The van der Waals surface area contributed by atoms with Crippen LogP contribution in [-0.2, 0) is 9.53 Å². The number of benzene rings is 1. The van der Waals surface area contributed by atoms with Crippen LogP contribution in [0.4, 0.5) is 0 Å². The van der Waals surface area contributed by atoms with Crippen LogP contribution in [0.5, 0.6) is 11.5 Å². The maximum absolute atomic E-state index is 13.6. The second-order valence-corrected chi connectivity index (χ2v) is 10.3. The fourth-order valence-corrected chi connectivity index (χ4v) is 5.43. The lowest BCUT2D eigenvalue weighted by atomic mass is 9.68. The SMILES string of the molecule is C=CCOc1c(I)cc([C@@H]2C(C#N)=C(N)N(CCOC)C3=C2C(=O)CC(C)(C)C3)cc1OCC. The summed E-state index contributed by atoms with van der Waals surface area (Å²) in [5.41, 5.74) is 9.04. The van der Waals surface area contributed by atoms with Gasteiger partial charge in [-0.05, 0) is 59.0 Å². The molecule has 7 nitrogen and oxygen atoms in total. The molecule has 0 spiro atoms. The second kappa shape index (κ2) is 10.8. The first-order chi connectivity index (χ1) is 16.2. The van der Waals surface area contributed by atoms with Gasteiger partial charge in [0.05, 0.1) is 34.3 Å². The van der Waals surface area contributed by atoms with Gasteiger partial charge in [0.1, 0.15) is 12.4 Å². The highest BCUT2D eigenvalue weighted by molar-refractivity contribution is 14.1. The van der Waals surface area contributed by atoms with Gasteiger partial charge in [0.15, 0.2) is 17.3 Å². The fourth-order valence-electron chi connectivity index (χ4n) is 4.65. The number of ketones is 1. The predicted molar refractivity (Wildman–Crippen MR) is 139 cm³/mol. The number of carbonyl (C=O) groups excluding carboxylic acids is 1. The van der Waals surface area contributed by atoms with Crippen LogP contribution in [0.2, 0.25) is 0 Å². The number of Topliss-reactive ketones (excluding diaryl/α,β-unsaturated/α-hetero) is 1. The topological polar surface area (TPSA) is 97.8 Å². The number of halogens is 1. The van der Waals surface area contributed by atoms with E-state index in [1.165, 1.54) is 0 Å². The molecule has 3 rings (SSSR count). The van der Waals surface area contributed by atoms with Crippen molar-refractivity contribution in [1.29, 1.82) is 5.26 Å². The minimum Gasteiger partial charge on any atom is -0.490 e. The number of allylic oxidation sites excluding steroid dienone is 3. The first kappa shape index (κ1) is 26.1. The second-order valence-electron chi connectivity index (χ2n) is 9.15. The van der Waals surface area contributed by atoms with Gasteiger partial charge in [-0.3, -0.25) is 4.79 Å². The van der Waals surface area contributed by atoms with E-state index in [-0.39, 0.29) is 11.2 Å². The van der Waals surface area contributed by atoms with Crippen molar-refractivity contribution >= 4 is 28.4 Å². The Bertz CT molecular complexity index is 1080. The van der Waals surface area contributed by atoms with Gasteiger partial charge in [0, 0.05) is 31.3 Å². The van der Waals surface area contributed by atoms with E-state index in [1.54, 1.807) is 13.2 Å². The molecule has 0 bridgehead atoms.